The third kappa shape index (κ3) is 3.32. The quantitative estimate of drug-likeness (QED) is 0.763. The van der Waals surface area contributed by atoms with Crippen LogP contribution in [-0.4, -0.2) is 5.78 Å². The summed E-state index contributed by atoms with van der Waals surface area (Å²) in [5.41, 5.74) is 3.52. The Morgan fingerprint density at radius 3 is 2.44 bits per heavy atom. The zero-order valence-electron chi connectivity index (χ0n) is 11.4. The molecular weight excluding hydrogens is 220 g/mol. The minimum absolute atomic E-state index is 0.312. The van der Waals surface area contributed by atoms with Crippen molar-refractivity contribution in [3.8, 4) is 0 Å². The Balaban J connectivity index is 2.00. The molecule has 1 heteroatoms. The Bertz CT molecular complexity index is 437. The fourth-order valence-corrected chi connectivity index (χ4v) is 2.41. The first-order chi connectivity index (χ1) is 8.66. The molecule has 1 aromatic carbocycles. The van der Waals surface area contributed by atoms with E-state index in [1.165, 1.54) is 18.4 Å². The van der Waals surface area contributed by atoms with Gasteiger partial charge in [0, 0.05) is 6.42 Å². The number of rotatable bonds is 4. The minimum atomic E-state index is 0.312. The van der Waals surface area contributed by atoms with E-state index in [4.69, 9.17) is 0 Å². The van der Waals surface area contributed by atoms with Gasteiger partial charge in [-0.05, 0) is 48.3 Å². The number of carbonyl (C=O) groups excluding carboxylic acids is 1. The highest BCUT2D eigenvalue weighted by molar-refractivity contribution is 5.96. The minimum Gasteiger partial charge on any atom is -0.294 e. The van der Waals surface area contributed by atoms with Crippen LogP contribution in [0.3, 0.4) is 0 Å². The van der Waals surface area contributed by atoms with Gasteiger partial charge in [0.25, 0.3) is 0 Å². The van der Waals surface area contributed by atoms with Crippen LogP contribution in [0.4, 0.5) is 0 Å². The molecule has 0 amide bonds. The molecule has 0 unspecified atom stereocenters. The van der Waals surface area contributed by atoms with Gasteiger partial charge in [-0.1, -0.05) is 44.2 Å². The molecule has 0 aliphatic heterocycles. The third-order valence-corrected chi connectivity index (χ3v) is 3.66. The van der Waals surface area contributed by atoms with Crippen LogP contribution < -0.4 is 0 Å². The van der Waals surface area contributed by atoms with Crippen LogP contribution in [0.2, 0.25) is 0 Å². The van der Waals surface area contributed by atoms with Gasteiger partial charge in [-0.15, -0.1) is 0 Å². The summed E-state index contributed by atoms with van der Waals surface area (Å²) >= 11 is 0. The van der Waals surface area contributed by atoms with Gasteiger partial charge >= 0.3 is 0 Å². The lowest BCUT2D eigenvalue weighted by molar-refractivity contribution is -0.115. The van der Waals surface area contributed by atoms with Crippen LogP contribution >= 0.6 is 0 Å². The molecule has 18 heavy (non-hydrogen) atoms. The normalized spacial score (nSPS) is 15.6. The topological polar surface area (TPSA) is 17.1 Å². The van der Waals surface area contributed by atoms with Crippen LogP contribution in [0.25, 0.3) is 0 Å². The molecule has 0 spiro atoms. The molecule has 0 saturated carbocycles. The Labute approximate surface area is 110 Å². The average Bonchev–Trinajstić information content (AvgIpc) is 2.40. The molecule has 0 atom stereocenters. The van der Waals surface area contributed by atoms with Crippen molar-refractivity contribution in [2.24, 2.45) is 0 Å². The Morgan fingerprint density at radius 1 is 1.17 bits per heavy atom. The zero-order chi connectivity index (χ0) is 13.0. The SMILES string of the molecule is CC(C)c1ccc(CC(=O)C2=CCCCC2)cc1. The molecule has 0 aromatic heterocycles. The van der Waals surface area contributed by atoms with E-state index in [0.29, 0.717) is 18.1 Å². The first-order valence-electron chi connectivity index (χ1n) is 6.98. The van der Waals surface area contributed by atoms with Crippen molar-refractivity contribution >= 4 is 5.78 Å². The van der Waals surface area contributed by atoms with Gasteiger partial charge in [0.1, 0.15) is 0 Å². The Morgan fingerprint density at radius 2 is 1.89 bits per heavy atom. The maximum Gasteiger partial charge on any atom is 0.162 e. The molecule has 0 N–H and O–H groups in total. The summed E-state index contributed by atoms with van der Waals surface area (Å²) in [6.07, 6.45) is 7.15. The van der Waals surface area contributed by atoms with E-state index in [9.17, 15) is 4.79 Å². The zero-order valence-corrected chi connectivity index (χ0v) is 11.4. The van der Waals surface area contributed by atoms with Gasteiger partial charge < -0.3 is 0 Å². The molecule has 0 saturated heterocycles. The molecule has 0 bridgehead atoms. The predicted molar refractivity (Wildman–Crippen MR) is 75.8 cm³/mol. The fraction of sp³-hybridized carbons (Fsp3) is 0.471. The molecule has 0 fully saturated rings. The maximum atomic E-state index is 12.1. The summed E-state index contributed by atoms with van der Waals surface area (Å²) in [6, 6.07) is 8.47. The lowest BCUT2D eigenvalue weighted by Gasteiger charge is -2.12. The molecule has 1 nitrogen and oxygen atoms in total. The van der Waals surface area contributed by atoms with Crippen molar-refractivity contribution in [3.05, 3.63) is 47.0 Å². The van der Waals surface area contributed by atoms with Crippen LogP contribution in [-0.2, 0) is 11.2 Å². The lowest BCUT2D eigenvalue weighted by Crippen LogP contribution is -2.09. The number of hydrogen-bond donors (Lipinski definition) is 0. The van der Waals surface area contributed by atoms with Crippen molar-refractivity contribution in [1.29, 1.82) is 0 Å². The highest BCUT2D eigenvalue weighted by Crippen LogP contribution is 2.20. The highest BCUT2D eigenvalue weighted by Gasteiger charge is 2.12. The van der Waals surface area contributed by atoms with Gasteiger partial charge in [0.05, 0.1) is 0 Å². The molecular formula is C17H22O. The van der Waals surface area contributed by atoms with Crippen molar-refractivity contribution in [2.45, 2.75) is 51.9 Å². The number of ketones is 1. The number of benzene rings is 1. The molecule has 96 valence electrons. The summed E-state index contributed by atoms with van der Waals surface area (Å²) in [6.45, 7) is 4.37. The molecule has 0 heterocycles. The van der Waals surface area contributed by atoms with Crippen molar-refractivity contribution < 1.29 is 4.79 Å². The molecule has 2 rings (SSSR count). The van der Waals surface area contributed by atoms with E-state index in [0.717, 1.165) is 24.0 Å². The van der Waals surface area contributed by atoms with Crippen molar-refractivity contribution in [2.75, 3.05) is 0 Å². The van der Waals surface area contributed by atoms with E-state index in [1.807, 2.05) is 0 Å². The van der Waals surface area contributed by atoms with Crippen molar-refractivity contribution in [1.82, 2.24) is 0 Å². The standard InChI is InChI=1S/C17H22O/c1-13(2)15-10-8-14(9-11-15)12-17(18)16-6-4-3-5-7-16/h6,8-11,13H,3-5,7,12H2,1-2H3. The third-order valence-electron chi connectivity index (χ3n) is 3.66. The summed E-state index contributed by atoms with van der Waals surface area (Å²) in [5, 5.41) is 0. The van der Waals surface area contributed by atoms with E-state index in [-0.39, 0.29) is 0 Å². The van der Waals surface area contributed by atoms with Gasteiger partial charge in [-0.2, -0.15) is 0 Å². The van der Waals surface area contributed by atoms with Crippen LogP contribution in [0.5, 0.6) is 0 Å². The second kappa shape index (κ2) is 5.99. The molecule has 0 radical (unpaired) electrons. The number of Topliss-reactive ketones (excluding diaryl/α,β-unsaturated/α-hetero) is 1. The molecule has 1 aliphatic rings. The van der Waals surface area contributed by atoms with Crippen LogP contribution in [0, 0.1) is 0 Å². The largest absolute Gasteiger partial charge is 0.294 e. The van der Waals surface area contributed by atoms with E-state index < -0.39 is 0 Å². The highest BCUT2D eigenvalue weighted by atomic mass is 16.1. The predicted octanol–water partition coefficient (Wildman–Crippen LogP) is 4.42. The maximum absolute atomic E-state index is 12.1. The summed E-state index contributed by atoms with van der Waals surface area (Å²) in [4.78, 5) is 12.1. The van der Waals surface area contributed by atoms with Crippen LogP contribution in [0.1, 0.15) is 56.6 Å². The average molecular weight is 242 g/mol. The second-order valence-electron chi connectivity index (χ2n) is 5.47. The summed E-state index contributed by atoms with van der Waals surface area (Å²) < 4.78 is 0. The van der Waals surface area contributed by atoms with Crippen molar-refractivity contribution in [3.63, 3.8) is 0 Å². The Hall–Kier alpha value is -1.37. The van der Waals surface area contributed by atoms with Gasteiger partial charge in [0.15, 0.2) is 5.78 Å². The van der Waals surface area contributed by atoms with Gasteiger partial charge in [-0.3, -0.25) is 4.79 Å². The van der Waals surface area contributed by atoms with E-state index in [2.05, 4.69) is 44.2 Å². The second-order valence-corrected chi connectivity index (χ2v) is 5.47. The van der Waals surface area contributed by atoms with Crippen LogP contribution in [0.15, 0.2) is 35.9 Å². The summed E-state index contributed by atoms with van der Waals surface area (Å²) in [7, 11) is 0. The number of carbonyl (C=O) groups is 1. The van der Waals surface area contributed by atoms with Gasteiger partial charge in [-0.25, -0.2) is 0 Å². The van der Waals surface area contributed by atoms with E-state index in [1.54, 1.807) is 0 Å². The molecule has 1 aliphatic carbocycles. The first-order valence-corrected chi connectivity index (χ1v) is 6.98. The summed E-state index contributed by atoms with van der Waals surface area (Å²) in [5.74, 6) is 0.864. The first kappa shape index (κ1) is 13.1. The van der Waals surface area contributed by atoms with E-state index >= 15 is 0 Å². The van der Waals surface area contributed by atoms with Gasteiger partial charge in [0.2, 0.25) is 0 Å². The number of hydrogen-bond acceptors (Lipinski definition) is 1. The molecule has 1 aromatic rings. The lowest BCUT2D eigenvalue weighted by atomic mass is 9.92. The monoisotopic (exact) mass is 242 g/mol. The smallest absolute Gasteiger partial charge is 0.162 e. The Kier molecular flexibility index (Phi) is 4.35. The fourth-order valence-electron chi connectivity index (χ4n) is 2.41. The number of allylic oxidation sites excluding steroid dienone is 2.